The second-order valence-corrected chi connectivity index (χ2v) is 7.28. The normalized spacial score (nSPS) is 22.6. The van der Waals surface area contributed by atoms with Crippen molar-refractivity contribution in [3.05, 3.63) is 47.0 Å². The first-order chi connectivity index (χ1) is 12.1. The van der Waals surface area contributed by atoms with Gasteiger partial charge in [0.1, 0.15) is 17.8 Å². The molecule has 130 valence electrons. The van der Waals surface area contributed by atoms with Crippen LogP contribution in [0.3, 0.4) is 0 Å². The number of piperazine rings is 1. The van der Waals surface area contributed by atoms with E-state index in [0.717, 1.165) is 5.56 Å². The van der Waals surface area contributed by atoms with Crippen LogP contribution in [-0.2, 0) is 11.2 Å². The minimum Gasteiger partial charge on any atom is -0.447 e. The molecular formula is C17H18N4O3S. The SMILES string of the molecule is Nc1nc(C(=O)N2CCN3C(=O)OCC3(Cc3ccccc3)C2)cs1. The maximum Gasteiger partial charge on any atom is 0.410 e. The number of cyclic esters (lactones) is 1. The molecule has 3 heterocycles. The lowest BCUT2D eigenvalue weighted by atomic mass is 9.88. The van der Waals surface area contributed by atoms with E-state index >= 15 is 0 Å². The molecule has 2 aromatic rings. The number of anilines is 1. The Balaban J connectivity index is 1.60. The molecule has 0 spiro atoms. The highest BCUT2D eigenvalue weighted by Crippen LogP contribution is 2.33. The maximum atomic E-state index is 12.7. The third kappa shape index (κ3) is 2.82. The van der Waals surface area contributed by atoms with Gasteiger partial charge in [0.2, 0.25) is 0 Å². The Morgan fingerprint density at radius 2 is 2.12 bits per heavy atom. The van der Waals surface area contributed by atoms with Crippen molar-refractivity contribution in [1.29, 1.82) is 0 Å². The first kappa shape index (κ1) is 15.9. The van der Waals surface area contributed by atoms with Gasteiger partial charge in [-0.15, -0.1) is 11.3 Å². The quantitative estimate of drug-likeness (QED) is 0.901. The van der Waals surface area contributed by atoms with E-state index in [1.807, 2.05) is 30.3 Å². The van der Waals surface area contributed by atoms with Crippen LogP contribution in [0, 0.1) is 0 Å². The van der Waals surface area contributed by atoms with Crippen LogP contribution in [0.25, 0.3) is 0 Å². The summed E-state index contributed by atoms with van der Waals surface area (Å²) in [6.45, 7) is 1.62. The van der Waals surface area contributed by atoms with Crippen LogP contribution < -0.4 is 5.73 Å². The molecule has 7 nitrogen and oxygen atoms in total. The van der Waals surface area contributed by atoms with Crippen molar-refractivity contribution < 1.29 is 14.3 Å². The number of hydrogen-bond acceptors (Lipinski definition) is 6. The molecule has 1 aromatic carbocycles. The summed E-state index contributed by atoms with van der Waals surface area (Å²) in [4.78, 5) is 32.5. The van der Waals surface area contributed by atoms with Gasteiger partial charge in [-0.25, -0.2) is 9.78 Å². The molecule has 2 N–H and O–H groups in total. The van der Waals surface area contributed by atoms with Crippen molar-refractivity contribution in [1.82, 2.24) is 14.8 Å². The molecular weight excluding hydrogens is 340 g/mol. The monoisotopic (exact) mass is 358 g/mol. The minimum atomic E-state index is -0.534. The summed E-state index contributed by atoms with van der Waals surface area (Å²) >= 11 is 1.25. The highest BCUT2D eigenvalue weighted by atomic mass is 32.1. The van der Waals surface area contributed by atoms with Crippen LogP contribution >= 0.6 is 11.3 Å². The molecule has 0 bridgehead atoms. The molecule has 0 radical (unpaired) electrons. The topological polar surface area (TPSA) is 88.8 Å². The molecule has 1 aromatic heterocycles. The van der Waals surface area contributed by atoms with Crippen molar-refractivity contribution in [2.45, 2.75) is 12.0 Å². The van der Waals surface area contributed by atoms with E-state index in [1.54, 1.807) is 15.2 Å². The van der Waals surface area contributed by atoms with Crippen LogP contribution in [0.1, 0.15) is 16.1 Å². The zero-order chi connectivity index (χ0) is 17.4. The van der Waals surface area contributed by atoms with Crippen molar-refractivity contribution in [2.24, 2.45) is 0 Å². The summed E-state index contributed by atoms with van der Waals surface area (Å²) in [5.74, 6) is -0.153. The number of amides is 2. The summed E-state index contributed by atoms with van der Waals surface area (Å²) in [6, 6.07) is 9.95. The Bertz CT molecular complexity index is 809. The third-order valence-electron chi connectivity index (χ3n) is 4.74. The second kappa shape index (κ2) is 6.03. The number of carbonyl (C=O) groups is 2. The van der Waals surface area contributed by atoms with Gasteiger partial charge in [-0.1, -0.05) is 30.3 Å². The fourth-order valence-electron chi connectivity index (χ4n) is 3.56. The molecule has 2 aliphatic rings. The predicted octanol–water partition coefficient (Wildman–Crippen LogP) is 1.61. The number of fused-ring (bicyclic) bond motifs is 1. The largest absolute Gasteiger partial charge is 0.447 e. The van der Waals surface area contributed by atoms with Crippen molar-refractivity contribution in [2.75, 3.05) is 32.0 Å². The fraction of sp³-hybridized carbons (Fsp3) is 0.353. The second-order valence-electron chi connectivity index (χ2n) is 6.39. The number of nitrogens with zero attached hydrogens (tertiary/aromatic N) is 3. The highest BCUT2D eigenvalue weighted by Gasteiger charge is 2.51. The molecule has 2 saturated heterocycles. The molecule has 0 aliphatic carbocycles. The summed E-state index contributed by atoms with van der Waals surface area (Å²) in [6.07, 6.45) is 0.337. The zero-order valence-electron chi connectivity index (χ0n) is 13.6. The van der Waals surface area contributed by atoms with Crippen LogP contribution in [0.2, 0.25) is 0 Å². The molecule has 4 rings (SSSR count). The van der Waals surface area contributed by atoms with Gasteiger partial charge in [-0.3, -0.25) is 9.69 Å². The molecule has 2 aliphatic heterocycles. The van der Waals surface area contributed by atoms with Gasteiger partial charge in [0, 0.05) is 31.4 Å². The summed E-state index contributed by atoms with van der Waals surface area (Å²) < 4.78 is 5.33. The Hall–Kier alpha value is -2.61. The number of nitrogen functional groups attached to an aromatic ring is 1. The first-order valence-corrected chi connectivity index (χ1v) is 8.94. The van der Waals surface area contributed by atoms with E-state index in [9.17, 15) is 9.59 Å². The van der Waals surface area contributed by atoms with Crippen LogP contribution in [-0.4, -0.2) is 58.6 Å². The Morgan fingerprint density at radius 3 is 2.84 bits per heavy atom. The summed E-state index contributed by atoms with van der Waals surface area (Å²) in [5.41, 5.74) is 6.57. The number of carbonyl (C=O) groups excluding carboxylic acids is 2. The highest BCUT2D eigenvalue weighted by molar-refractivity contribution is 7.13. The molecule has 2 amide bonds. The molecule has 1 atom stereocenters. The van der Waals surface area contributed by atoms with E-state index < -0.39 is 5.54 Å². The number of nitrogens with two attached hydrogens (primary N) is 1. The third-order valence-corrected chi connectivity index (χ3v) is 5.41. The van der Waals surface area contributed by atoms with Gasteiger partial charge in [-0.05, 0) is 5.56 Å². The maximum absolute atomic E-state index is 12.7. The number of ether oxygens (including phenoxy) is 1. The Morgan fingerprint density at radius 1 is 1.32 bits per heavy atom. The molecule has 25 heavy (non-hydrogen) atoms. The van der Waals surface area contributed by atoms with Crippen LogP contribution in [0.5, 0.6) is 0 Å². The van der Waals surface area contributed by atoms with E-state index in [2.05, 4.69) is 4.98 Å². The molecule has 0 saturated carbocycles. The number of hydrogen-bond donors (Lipinski definition) is 1. The van der Waals surface area contributed by atoms with Crippen LogP contribution in [0.4, 0.5) is 9.93 Å². The van der Waals surface area contributed by atoms with Gasteiger partial charge < -0.3 is 15.4 Å². The van der Waals surface area contributed by atoms with E-state index in [-0.39, 0.29) is 18.6 Å². The average molecular weight is 358 g/mol. The molecule has 1 unspecified atom stereocenters. The van der Waals surface area contributed by atoms with Crippen molar-refractivity contribution in [3.8, 4) is 0 Å². The Kier molecular flexibility index (Phi) is 3.84. The smallest absolute Gasteiger partial charge is 0.410 e. The van der Waals surface area contributed by atoms with Crippen LogP contribution in [0.15, 0.2) is 35.7 Å². The molecule has 2 fully saturated rings. The number of rotatable bonds is 3. The van der Waals surface area contributed by atoms with Gasteiger partial charge in [-0.2, -0.15) is 0 Å². The predicted molar refractivity (Wildman–Crippen MR) is 93.4 cm³/mol. The van der Waals surface area contributed by atoms with E-state index in [0.29, 0.717) is 36.9 Å². The summed E-state index contributed by atoms with van der Waals surface area (Å²) in [7, 11) is 0. The van der Waals surface area contributed by atoms with Crippen molar-refractivity contribution in [3.63, 3.8) is 0 Å². The molecule has 8 heteroatoms. The van der Waals surface area contributed by atoms with Gasteiger partial charge in [0.25, 0.3) is 5.91 Å². The van der Waals surface area contributed by atoms with Gasteiger partial charge in [0.05, 0.1) is 0 Å². The summed E-state index contributed by atoms with van der Waals surface area (Å²) in [5, 5.41) is 2.05. The van der Waals surface area contributed by atoms with Gasteiger partial charge in [0.15, 0.2) is 5.13 Å². The standard InChI is InChI=1S/C17H18N4O3S/c18-15-19-13(9-25-15)14(22)20-6-7-21-16(23)24-11-17(21,10-20)8-12-4-2-1-3-5-12/h1-5,9H,6-8,10-11H2,(H2,18,19). The lowest BCUT2D eigenvalue weighted by Gasteiger charge is -2.44. The van der Waals surface area contributed by atoms with Gasteiger partial charge >= 0.3 is 6.09 Å². The number of thiazole rings is 1. The lowest BCUT2D eigenvalue weighted by Crippen LogP contribution is -2.63. The average Bonchev–Trinajstić information content (AvgIpc) is 3.19. The Labute approximate surface area is 149 Å². The lowest BCUT2D eigenvalue weighted by molar-refractivity contribution is 0.0372. The minimum absolute atomic E-state index is 0.153. The van der Waals surface area contributed by atoms with E-state index in [4.69, 9.17) is 10.5 Å². The number of aromatic nitrogens is 1. The zero-order valence-corrected chi connectivity index (χ0v) is 14.4. The number of benzene rings is 1. The van der Waals surface area contributed by atoms with E-state index in [1.165, 1.54) is 11.3 Å². The first-order valence-electron chi connectivity index (χ1n) is 8.06. The van der Waals surface area contributed by atoms with Crippen molar-refractivity contribution >= 4 is 28.5 Å². The fourth-order valence-corrected chi connectivity index (χ4v) is 4.10.